The molecule has 0 spiro atoms. The van der Waals surface area contributed by atoms with E-state index < -0.39 is 0 Å². The van der Waals surface area contributed by atoms with E-state index >= 15 is 0 Å². The molecular weight excluding hydrogens is 314 g/mol. The van der Waals surface area contributed by atoms with Gasteiger partial charge in [-0.15, -0.1) is 0 Å². The van der Waals surface area contributed by atoms with Gasteiger partial charge in [-0.25, -0.2) is 0 Å². The molecule has 0 bridgehead atoms. The molecule has 0 radical (unpaired) electrons. The van der Waals surface area contributed by atoms with E-state index in [1.807, 2.05) is 31.2 Å². The van der Waals surface area contributed by atoms with Crippen LogP contribution in [-0.4, -0.2) is 5.91 Å². The summed E-state index contributed by atoms with van der Waals surface area (Å²) in [7, 11) is 0. The van der Waals surface area contributed by atoms with Gasteiger partial charge in [0, 0.05) is 10.2 Å². The number of carbonyl (C=O) groups is 1. The highest BCUT2D eigenvalue weighted by Gasteiger charge is 2.06. The molecule has 1 N–H and O–H groups in total. The van der Waals surface area contributed by atoms with Crippen molar-refractivity contribution >= 4 is 27.5 Å². The van der Waals surface area contributed by atoms with Crippen LogP contribution >= 0.6 is 15.9 Å². The van der Waals surface area contributed by atoms with Gasteiger partial charge in [-0.05, 0) is 61.2 Å². The van der Waals surface area contributed by atoms with Crippen molar-refractivity contribution in [3.8, 4) is 0 Å². The number of anilines is 1. The Hall–Kier alpha value is -1.61. The van der Waals surface area contributed by atoms with Crippen molar-refractivity contribution in [1.29, 1.82) is 0 Å². The molecule has 20 heavy (non-hydrogen) atoms. The summed E-state index contributed by atoms with van der Waals surface area (Å²) in [5.41, 5.74) is 5.44. The van der Waals surface area contributed by atoms with Crippen molar-refractivity contribution in [1.82, 2.24) is 0 Å². The Bertz CT molecular complexity index is 629. The van der Waals surface area contributed by atoms with Gasteiger partial charge >= 0.3 is 0 Å². The summed E-state index contributed by atoms with van der Waals surface area (Å²) in [6.07, 6.45) is 0.396. The maximum Gasteiger partial charge on any atom is 0.228 e. The maximum atomic E-state index is 12.1. The minimum absolute atomic E-state index is 0.00533. The second-order valence-corrected chi connectivity index (χ2v) is 6.08. The Morgan fingerprint density at radius 2 is 1.80 bits per heavy atom. The molecule has 0 aromatic heterocycles. The van der Waals surface area contributed by atoms with Crippen LogP contribution in [0.4, 0.5) is 5.69 Å². The molecule has 0 saturated heterocycles. The summed E-state index contributed by atoms with van der Waals surface area (Å²) in [6.45, 7) is 6.14. The Labute approximate surface area is 128 Å². The van der Waals surface area contributed by atoms with Gasteiger partial charge in [0.2, 0.25) is 5.91 Å². The quantitative estimate of drug-likeness (QED) is 0.877. The van der Waals surface area contributed by atoms with E-state index in [1.165, 1.54) is 11.1 Å². The minimum atomic E-state index is 0.00533. The second-order valence-electron chi connectivity index (χ2n) is 5.16. The van der Waals surface area contributed by atoms with Gasteiger partial charge in [0.05, 0.1) is 6.42 Å². The first-order chi connectivity index (χ1) is 9.44. The molecule has 0 unspecified atom stereocenters. The standard InChI is InChI=1S/C17H18BrNO/c1-11-6-15(18)10-16(7-11)19-17(20)9-14-5-4-12(2)13(3)8-14/h4-8,10H,9H2,1-3H3,(H,19,20). The first-order valence-electron chi connectivity index (χ1n) is 6.57. The average Bonchev–Trinajstić information content (AvgIpc) is 2.32. The van der Waals surface area contributed by atoms with Crippen molar-refractivity contribution in [2.24, 2.45) is 0 Å². The van der Waals surface area contributed by atoms with Crippen LogP contribution in [0.25, 0.3) is 0 Å². The summed E-state index contributed by atoms with van der Waals surface area (Å²) < 4.78 is 0.971. The van der Waals surface area contributed by atoms with Gasteiger partial charge in [-0.1, -0.05) is 34.1 Å². The Morgan fingerprint density at radius 1 is 1.05 bits per heavy atom. The van der Waals surface area contributed by atoms with Crippen LogP contribution in [0.1, 0.15) is 22.3 Å². The molecule has 0 aliphatic carbocycles. The molecule has 2 aromatic rings. The van der Waals surface area contributed by atoms with Crippen LogP contribution in [0, 0.1) is 20.8 Å². The molecule has 104 valence electrons. The fourth-order valence-electron chi connectivity index (χ4n) is 2.11. The number of nitrogens with one attached hydrogen (secondary N) is 1. The lowest BCUT2D eigenvalue weighted by atomic mass is 10.0. The van der Waals surface area contributed by atoms with E-state index in [1.54, 1.807) is 0 Å². The Morgan fingerprint density at radius 3 is 2.45 bits per heavy atom. The zero-order valence-corrected chi connectivity index (χ0v) is 13.5. The molecule has 2 rings (SSSR count). The fourth-order valence-corrected chi connectivity index (χ4v) is 2.72. The predicted molar refractivity (Wildman–Crippen MR) is 87.1 cm³/mol. The fraction of sp³-hybridized carbons (Fsp3) is 0.235. The van der Waals surface area contributed by atoms with Crippen molar-refractivity contribution in [2.45, 2.75) is 27.2 Å². The number of amides is 1. The molecule has 3 heteroatoms. The predicted octanol–water partition coefficient (Wildman–Crippen LogP) is 4.56. The van der Waals surface area contributed by atoms with E-state index in [0.717, 1.165) is 21.3 Å². The highest BCUT2D eigenvalue weighted by atomic mass is 79.9. The highest BCUT2D eigenvalue weighted by Crippen LogP contribution is 2.19. The van der Waals surface area contributed by atoms with Crippen LogP contribution in [0.15, 0.2) is 40.9 Å². The normalized spacial score (nSPS) is 10.4. The van der Waals surface area contributed by atoms with Gasteiger partial charge in [-0.3, -0.25) is 4.79 Å². The van der Waals surface area contributed by atoms with Gasteiger partial charge in [-0.2, -0.15) is 0 Å². The van der Waals surface area contributed by atoms with Crippen LogP contribution in [-0.2, 0) is 11.2 Å². The number of aryl methyl sites for hydroxylation is 3. The van der Waals surface area contributed by atoms with Crippen LogP contribution < -0.4 is 5.32 Å². The molecule has 2 nitrogen and oxygen atoms in total. The van der Waals surface area contributed by atoms with E-state index in [4.69, 9.17) is 0 Å². The summed E-state index contributed by atoms with van der Waals surface area (Å²) in [6, 6.07) is 12.0. The molecular formula is C17H18BrNO. The number of rotatable bonds is 3. The topological polar surface area (TPSA) is 29.1 Å². The summed E-state index contributed by atoms with van der Waals surface area (Å²) >= 11 is 3.44. The van der Waals surface area contributed by atoms with Crippen molar-refractivity contribution in [3.05, 3.63) is 63.1 Å². The number of hydrogen-bond donors (Lipinski definition) is 1. The van der Waals surface area contributed by atoms with E-state index in [-0.39, 0.29) is 5.91 Å². The van der Waals surface area contributed by atoms with Crippen LogP contribution in [0.3, 0.4) is 0 Å². The molecule has 2 aromatic carbocycles. The number of halogens is 1. The smallest absolute Gasteiger partial charge is 0.228 e. The van der Waals surface area contributed by atoms with Crippen molar-refractivity contribution in [2.75, 3.05) is 5.32 Å². The SMILES string of the molecule is Cc1cc(Br)cc(NC(=O)Cc2ccc(C)c(C)c2)c1. The first kappa shape index (κ1) is 14.8. The molecule has 0 heterocycles. The van der Waals surface area contributed by atoms with Crippen LogP contribution in [0.5, 0.6) is 0 Å². The lowest BCUT2D eigenvalue weighted by Crippen LogP contribution is -2.14. The minimum Gasteiger partial charge on any atom is -0.326 e. The van der Waals surface area contributed by atoms with Gasteiger partial charge in [0.15, 0.2) is 0 Å². The second kappa shape index (κ2) is 6.23. The number of carbonyl (C=O) groups excluding carboxylic acids is 1. The van der Waals surface area contributed by atoms with Crippen molar-refractivity contribution < 1.29 is 4.79 Å². The van der Waals surface area contributed by atoms with Crippen LogP contribution in [0.2, 0.25) is 0 Å². The zero-order chi connectivity index (χ0) is 14.7. The number of benzene rings is 2. The van der Waals surface area contributed by atoms with Crippen molar-refractivity contribution in [3.63, 3.8) is 0 Å². The highest BCUT2D eigenvalue weighted by molar-refractivity contribution is 9.10. The monoisotopic (exact) mass is 331 g/mol. The third-order valence-electron chi connectivity index (χ3n) is 3.26. The zero-order valence-electron chi connectivity index (χ0n) is 12.0. The average molecular weight is 332 g/mol. The van der Waals surface area contributed by atoms with Gasteiger partial charge < -0.3 is 5.32 Å². The van der Waals surface area contributed by atoms with E-state index in [0.29, 0.717) is 6.42 Å². The summed E-state index contributed by atoms with van der Waals surface area (Å²) in [4.78, 5) is 12.1. The van der Waals surface area contributed by atoms with E-state index in [9.17, 15) is 4.79 Å². The first-order valence-corrected chi connectivity index (χ1v) is 7.36. The molecule has 0 saturated carbocycles. The molecule has 0 fully saturated rings. The van der Waals surface area contributed by atoms with Gasteiger partial charge in [0.1, 0.15) is 0 Å². The largest absolute Gasteiger partial charge is 0.326 e. The molecule has 0 aliphatic heterocycles. The van der Waals surface area contributed by atoms with Gasteiger partial charge in [0.25, 0.3) is 0 Å². The number of hydrogen-bond acceptors (Lipinski definition) is 1. The maximum absolute atomic E-state index is 12.1. The third kappa shape index (κ3) is 3.94. The third-order valence-corrected chi connectivity index (χ3v) is 3.72. The molecule has 0 aliphatic rings. The summed E-state index contributed by atoms with van der Waals surface area (Å²) in [5, 5.41) is 2.94. The van der Waals surface area contributed by atoms with E-state index in [2.05, 4.69) is 47.2 Å². The molecule has 0 atom stereocenters. The lowest BCUT2D eigenvalue weighted by molar-refractivity contribution is -0.115. The Kier molecular flexibility index (Phi) is 4.61. The molecule has 1 amide bonds. The summed E-state index contributed by atoms with van der Waals surface area (Å²) in [5.74, 6) is 0.00533. The lowest BCUT2D eigenvalue weighted by Gasteiger charge is -2.08. The Balaban J connectivity index is 2.06.